The Labute approximate surface area is 105 Å². The fourth-order valence-electron chi connectivity index (χ4n) is 1.35. The van der Waals surface area contributed by atoms with E-state index in [1.807, 2.05) is 13.8 Å². The van der Waals surface area contributed by atoms with Crippen LogP contribution < -0.4 is 5.32 Å². The van der Waals surface area contributed by atoms with E-state index in [4.69, 9.17) is 5.11 Å². The Morgan fingerprint density at radius 1 is 1.28 bits per heavy atom. The van der Waals surface area contributed by atoms with Crippen LogP contribution in [0, 0.1) is 5.92 Å². The first-order chi connectivity index (χ1) is 8.32. The van der Waals surface area contributed by atoms with Crippen molar-refractivity contribution in [1.29, 1.82) is 0 Å². The Morgan fingerprint density at radius 3 is 2.28 bits per heavy atom. The van der Waals surface area contributed by atoms with Gasteiger partial charge in [0, 0.05) is 5.92 Å². The van der Waals surface area contributed by atoms with Gasteiger partial charge in [0.2, 0.25) is 5.82 Å². The molecule has 3 N–H and O–H groups in total. The van der Waals surface area contributed by atoms with Crippen molar-refractivity contribution >= 4 is 11.9 Å². The van der Waals surface area contributed by atoms with Crippen molar-refractivity contribution in [3.05, 3.63) is 11.6 Å². The molecule has 0 aliphatic heterocycles. The predicted molar refractivity (Wildman–Crippen MR) is 64.2 cm³/mol. The van der Waals surface area contributed by atoms with E-state index in [-0.39, 0.29) is 17.7 Å². The largest absolute Gasteiger partial charge is 0.480 e. The van der Waals surface area contributed by atoms with Crippen molar-refractivity contribution in [1.82, 2.24) is 20.5 Å². The molecule has 0 aliphatic rings. The minimum Gasteiger partial charge on any atom is -0.480 e. The molecular weight excluding hydrogens is 236 g/mol. The number of H-pyrrole nitrogens is 1. The molecule has 0 aliphatic carbocycles. The number of amides is 1. The highest BCUT2D eigenvalue weighted by atomic mass is 16.4. The predicted octanol–water partition coefficient (Wildman–Crippen LogP) is 0.767. The molecule has 100 valence electrons. The summed E-state index contributed by atoms with van der Waals surface area (Å²) in [5, 5.41) is 17.8. The highest BCUT2D eigenvalue weighted by Crippen LogP contribution is 2.08. The van der Waals surface area contributed by atoms with Crippen LogP contribution in [-0.2, 0) is 4.79 Å². The number of hydrogen-bond donors (Lipinski definition) is 3. The van der Waals surface area contributed by atoms with Gasteiger partial charge in [-0.3, -0.25) is 9.89 Å². The number of carboxylic acid groups (broad SMARTS) is 1. The van der Waals surface area contributed by atoms with Crippen molar-refractivity contribution in [3.63, 3.8) is 0 Å². The zero-order valence-corrected chi connectivity index (χ0v) is 10.9. The lowest BCUT2D eigenvalue weighted by molar-refractivity contribution is -0.140. The van der Waals surface area contributed by atoms with Crippen LogP contribution in [0.15, 0.2) is 0 Å². The number of aromatic amines is 1. The minimum absolute atomic E-state index is 0.0365. The lowest BCUT2D eigenvalue weighted by atomic mass is 10.0. The number of rotatable bonds is 5. The molecule has 7 heteroatoms. The highest BCUT2D eigenvalue weighted by molar-refractivity contribution is 5.93. The minimum atomic E-state index is -1.07. The second-order valence-corrected chi connectivity index (χ2v) is 4.73. The molecule has 1 atom stereocenters. The van der Waals surface area contributed by atoms with Crippen LogP contribution in [0.4, 0.5) is 0 Å². The van der Waals surface area contributed by atoms with Gasteiger partial charge in [0.15, 0.2) is 0 Å². The first kappa shape index (κ1) is 14.1. The van der Waals surface area contributed by atoms with Gasteiger partial charge >= 0.3 is 5.97 Å². The van der Waals surface area contributed by atoms with Gasteiger partial charge < -0.3 is 10.4 Å². The number of nitrogens with one attached hydrogen (secondary N) is 2. The van der Waals surface area contributed by atoms with E-state index in [0.717, 1.165) is 0 Å². The maximum Gasteiger partial charge on any atom is 0.326 e. The lowest BCUT2D eigenvalue weighted by Crippen LogP contribution is -2.44. The molecule has 1 heterocycles. The lowest BCUT2D eigenvalue weighted by Gasteiger charge is -2.16. The molecule has 0 aromatic carbocycles. The zero-order valence-electron chi connectivity index (χ0n) is 10.9. The normalized spacial score (nSPS) is 12.8. The summed E-state index contributed by atoms with van der Waals surface area (Å²) in [7, 11) is 0. The Balaban J connectivity index is 2.77. The molecule has 1 amide bonds. The Morgan fingerprint density at radius 2 is 1.89 bits per heavy atom. The van der Waals surface area contributed by atoms with Crippen LogP contribution in [0.2, 0.25) is 0 Å². The van der Waals surface area contributed by atoms with Crippen LogP contribution in [0.3, 0.4) is 0 Å². The fraction of sp³-hybridized carbons (Fsp3) is 0.636. The highest BCUT2D eigenvalue weighted by Gasteiger charge is 2.25. The number of nitrogens with zero attached hydrogens (tertiary/aromatic N) is 2. The van der Waals surface area contributed by atoms with Crippen molar-refractivity contribution in [2.75, 3.05) is 0 Å². The molecule has 0 bridgehead atoms. The monoisotopic (exact) mass is 254 g/mol. The molecule has 0 spiro atoms. The summed E-state index contributed by atoms with van der Waals surface area (Å²) in [6.07, 6.45) is 0. The molecule has 0 radical (unpaired) electrons. The average molecular weight is 254 g/mol. The molecular formula is C11H18N4O3. The quantitative estimate of drug-likeness (QED) is 0.719. The summed E-state index contributed by atoms with van der Waals surface area (Å²) in [4.78, 5) is 26.7. The van der Waals surface area contributed by atoms with E-state index < -0.39 is 17.9 Å². The van der Waals surface area contributed by atoms with E-state index in [2.05, 4.69) is 20.5 Å². The summed E-state index contributed by atoms with van der Waals surface area (Å²) in [5.74, 6) is -1.19. The van der Waals surface area contributed by atoms with Crippen molar-refractivity contribution in [2.24, 2.45) is 5.92 Å². The van der Waals surface area contributed by atoms with Crippen molar-refractivity contribution in [3.8, 4) is 0 Å². The molecule has 1 aromatic heterocycles. The summed E-state index contributed by atoms with van der Waals surface area (Å²) < 4.78 is 0. The standard InChI is InChI=1S/C11H18N4O3/c1-5(2)7(11(17)18)12-10(16)9-13-8(6(3)4)14-15-9/h5-7H,1-4H3,(H,12,16)(H,17,18)(H,13,14,15)/t7-/m1/s1. The average Bonchev–Trinajstić information content (AvgIpc) is 2.73. The molecule has 0 fully saturated rings. The topological polar surface area (TPSA) is 108 Å². The fourth-order valence-corrected chi connectivity index (χ4v) is 1.35. The molecule has 7 nitrogen and oxygen atoms in total. The van der Waals surface area contributed by atoms with Gasteiger partial charge in [-0.25, -0.2) is 9.78 Å². The zero-order chi connectivity index (χ0) is 13.9. The van der Waals surface area contributed by atoms with E-state index >= 15 is 0 Å². The molecule has 1 aromatic rings. The van der Waals surface area contributed by atoms with Crippen LogP contribution in [0.1, 0.15) is 50.1 Å². The number of carboxylic acids is 1. The van der Waals surface area contributed by atoms with Gasteiger partial charge in [-0.15, -0.1) is 5.10 Å². The maximum absolute atomic E-state index is 11.8. The Hall–Kier alpha value is -1.92. The third kappa shape index (κ3) is 3.28. The van der Waals surface area contributed by atoms with Gasteiger partial charge in [0.1, 0.15) is 11.9 Å². The number of aromatic nitrogens is 3. The van der Waals surface area contributed by atoms with Gasteiger partial charge in [0.05, 0.1) is 0 Å². The first-order valence-electron chi connectivity index (χ1n) is 5.79. The number of aliphatic carboxylic acids is 1. The second-order valence-electron chi connectivity index (χ2n) is 4.73. The van der Waals surface area contributed by atoms with Crippen LogP contribution in [0.5, 0.6) is 0 Å². The van der Waals surface area contributed by atoms with Gasteiger partial charge in [-0.1, -0.05) is 27.7 Å². The van der Waals surface area contributed by atoms with Gasteiger partial charge in [-0.05, 0) is 5.92 Å². The van der Waals surface area contributed by atoms with E-state index in [0.29, 0.717) is 5.82 Å². The summed E-state index contributed by atoms with van der Waals surface area (Å²) in [6, 6.07) is -0.946. The summed E-state index contributed by atoms with van der Waals surface area (Å²) in [6.45, 7) is 7.26. The van der Waals surface area contributed by atoms with Crippen molar-refractivity contribution in [2.45, 2.75) is 39.7 Å². The number of carbonyl (C=O) groups excluding carboxylic acids is 1. The SMILES string of the molecule is CC(C)c1nc(C(=O)N[C@@H](C(=O)O)C(C)C)n[nH]1. The Kier molecular flexibility index (Phi) is 4.41. The van der Waals surface area contributed by atoms with Crippen LogP contribution >= 0.6 is 0 Å². The molecule has 0 unspecified atom stereocenters. The van der Waals surface area contributed by atoms with Gasteiger partial charge in [0.25, 0.3) is 5.91 Å². The number of hydrogen-bond acceptors (Lipinski definition) is 4. The summed E-state index contributed by atoms with van der Waals surface area (Å²) >= 11 is 0. The van der Waals surface area contributed by atoms with Crippen molar-refractivity contribution < 1.29 is 14.7 Å². The third-order valence-electron chi connectivity index (χ3n) is 2.47. The first-order valence-corrected chi connectivity index (χ1v) is 5.79. The Bertz CT molecular complexity index is 439. The maximum atomic E-state index is 11.8. The molecule has 1 rings (SSSR count). The smallest absolute Gasteiger partial charge is 0.326 e. The van der Waals surface area contributed by atoms with E-state index in [1.165, 1.54) is 0 Å². The third-order valence-corrected chi connectivity index (χ3v) is 2.47. The van der Waals surface area contributed by atoms with E-state index in [1.54, 1.807) is 13.8 Å². The number of carbonyl (C=O) groups is 2. The van der Waals surface area contributed by atoms with Crippen LogP contribution in [-0.4, -0.2) is 38.2 Å². The molecule has 0 saturated heterocycles. The second kappa shape index (κ2) is 5.61. The summed E-state index contributed by atoms with van der Waals surface area (Å²) in [5.41, 5.74) is 0. The molecule has 18 heavy (non-hydrogen) atoms. The molecule has 0 saturated carbocycles. The van der Waals surface area contributed by atoms with E-state index in [9.17, 15) is 9.59 Å². The van der Waals surface area contributed by atoms with Crippen LogP contribution in [0.25, 0.3) is 0 Å². The van der Waals surface area contributed by atoms with Gasteiger partial charge in [-0.2, -0.15) is 0 Å².